The molecule has 0 aliphatic heterocycles. The summed E-state index contributed by atoms with van der Waals surface area (Å²) >= 11 is 0. The quantitative estimate of drug-likeness (QED) is 0.816. The second kappa shape index (κ2) is 5.98. The lowest BCUT2D eigenvalue weighted by molar-refractivity contribution is 0.248. The number of rotatable bonds is 5. The van der Waals surface area contributed by atoms with E-state index in [1.807, 2.05) is 25.1 Å². The Morgan fingerprint density at radius 1 is 1.35 bits per heavy atom. The Hall–Kier alpha value is -1.91. The number of benzene rings is 1. The Kier molecular flexibility index (Phi) is 4.63. The number of urea groups is 1. The van der Waals surface area contributed by atoms with Crippen molar-refractivity contribution in [3.8, 4) is 11.5 Å². The molecule has 5 nitrogen and oxygen atoms in total. The van der Waals surface area contributed by atoms with Gasteiger partial charge in [0.25, 0.3) is 0 Å². The van der Waals surface area contributed by atoms with E-state index in [9.17, 15) is 4.79 Å². The molecule has 0 spiro atoms. The van der Waals surface area contributed by atoms with Crippen LogP contribution < -0.4 is 20.5 Å². The van der Waals surface area contributed by atoms with Gasteiger partial charge in [0, 0.05) is 6.54 Å². The molecule has 0 aliphatic carbocycles. The monoisotopic (exact) mass is 238 g/mol. The highest BCUT2D eigenvalue weighted by atomic mass is 16.5. The highest BCUT2D eigenvalue weighted by Crippen LogP contribution is 2.30. The molecule has 3 N–H and O–H groups in total. The van der Waals surface area contributed by atoms with Crippen molar-refractivity contribution in [2.24, 2.45) is 5.73 Å². The number of ether oxygens (including phenoxy) is 2. The molecule has 17 heavy (non-hydrogen) atoms. The lowest BCUT2D eigenvalue weighted by Crippen LogP contribution is -2.32. The summed E-state index contributed by atoms with van der Waals surface area (Å²) < 4.78 is 10.4. The van der Waals surface area contributed by atoms with Crippen LogP contribution in [0.4, 0.5) is 4.79 Å². The predicted octanol–water partition coefficient (Wildman–Crippen LogP) is 1.48. The van der Waals surface area contributed by atoms with E-state index < -0.39 is 6.03 Å². The molecule has 0 bridgehead atoms. The number of carbonyl (C=O) groups excluding carboxylic acids is 1. The maximum Gasteiger partial charge on any atom is 0.312 e. The topological polar surface area (TPSA) is 73.6 Å². The molecule has 0 saturated heterocycles. The molecule has 0 unspecified atom stereocenters. The van der Waals surface area contributed by atoms with E-state index >= 15 is 0 Å². The maximum atomic E-state index is 10.6. The highest BCUT2D eigenvalue weighted by Gasteiger charge is 2.10. The van der Waals surface area contributed by atoms with Crippen LogP contribution in [0.15, 0.2) is 18.2 Å². The number of carbonyl (C=O) groups is 1. The van der Waals surface area contributed by atoms with Crippen LogP contribution >= 0.6 is 0 Å². The zero-order chi connectivity index (χ0) is 12.8. The molecule has 0 heterocycles. The number of nitrogens with two attached hydrogens (primary N) is 1. The van der Waals surface area contributed by atoms with Crippen LogP contribution in [0, 0.1) is 0 Å². The molecule has 0 fully saturated rings. The summed E-state index contributed by atoms with van der Waals surface area (Å²) in [6.07, 6.45) is 0. The fourth-order valence-corrected chi connectivity index (χ4v) is 1.53. The number of amides is 2. The average Bonchev–Trinajstić information content (AvgIpc) is 2.34. The Labute approximate surface area is 101 Å². The van der Waals surface area contributed by atoms with Gasteiger partial charge in [-0.25, -0.2) is 4.79 Å². The Bertz CT molecular complexity index is 393. The van der Waals surface area contributed by atoms with E-state index in [1.54, 1.807) is 14.2 Å². The van der Waals surface area contributed by atoms with Gasteiger partial charge in [-0.2, -0.15) is 0 Å². The summed E-state index contributed by atoms with van der Waals surface area (Å²) in [5.74, 6) is 1.52. The summed E-state index contributed by atoms with van der Waals surface area (Å²) in [5, 5.41) is 2.58. The Morgan fingerprint density at radius 3 is 2.53 bits per heavy atom. The fraction of sp³-hybridized carbons (Fsp3) is 0.417. The van der Waals surface area contributed by atoms with Crippen LogP contribution in [-0.2, 0) is 0 Å². The van der Waals surface area contributed by atoms with Gasteiger partial charge < -0.3 is 20.5 Å². The standard InChI is InChI=1S/C12H18N2O3/c1-8(7-14-12(13)15)9-4-5-10(16-2)11(6-9)17-3/h4-6,8H,7H2,1-3H3,(H3,13,14,15)/t8-/m0/s1. The van der Waals surface area contributed by atoms with Gasteiger partial charge in [0.2, 0.25) is 0 Å². The lowest BCUT2D eigenvalue weighted by Gasteiger charge is -2.14. The SMILES string of the molecule is COc1ccc([C@@H](C)CNC(N)=O)cc1OC. The maximum absolute atomic E-state index is 10.6. The van der Waals surface area contributed by atoms with Gasteiger partial charge in [0.15, 0.2) is 11.5 Å². The molecule has 94 valence electrons. The van der Waals surface area contributed by atoms with E-state index in [0.717, 1.165) is 5.56 Å². The van der Waals surface area contributed by atoms with Gasteiger partial charge >= 0.3 is 6.03 Å². The van der Waals surface area contributed by atoms with Crippen LogP contribution in [0.3, 0.4) is 0 Å². The van der Waals surface area contributed by atoms with E-state index in [0.29, 0.717) is 18.0 Å². The second-order valence-electron chi connectivity index (χ2n) is 3.76. The van der Waals surface area contributed by atoms with Crippen molar-refractivity contribution >= 4 is 6.03 Å². The highest BCUT2D eigenvalue weighted by molar-refractivity contribution is 5.71. The molecule has 0 aromatic heterocycles. The van der Waals surface area contributed by atoms with Gasteiger partial charge in [-0.15, -0.1) is 0 Å². The van der Waals surface area contributed by atoms with Crippen LogP contribution in [0.25, 0.3) is 0 Å². The largest absolute Gasteiger partial charge is 0.493 e. The summed E-state index contributed by atoms with van der Waals surface area (Å²) in [4.78, 5) is 10.6. The van der Waals surface area contributed by atoms with E-state index in [-0.39, 0.29) is 5.92 Å². The lowest BCUT2D eigenvalue weighted by atomic mass is 10.0. The van der Waals surface area contributed by atoms with Crippen molar-refractivity contribution in [3.63, 3.8) is 0 Å². The van der Waals surface area contributed by atoms with Crippen molar-refractivity contribution in [1.29, 1.82) is 0 Å². The summed E-state index contributed by atoms with van der Waals surface area (Å²) in [7, 11) is 3.18. The van der Waals surface area contributed by atoms with Crippen LogP contribution in [0.2, 0.25) is 0 Å². The molecular formula is C12H18N2O3. The second-order valence-corrected chi connectivity index (χ2v) is 3.76. The number of hydrogen-bond donors (Lipinski definition) is 2. The fourth-order valence-electron chi connectivity index (χ4n) is 1.53. The minimum atomic E-state index is -0.516. The molecule has 1 aromatic carbocycles. The third-order valence-electron chi connectivity index (χ3n) is 2.56. The van der Waals surface area contributed by atoms with Crippen molar-refractivity contribution in [3.05, 3.63) is 23.8 Å². The Balaban J connectivity index is 2.80. The van der Waals surface area contributed by atoms with E-state index in [1.165, 1.54) is 0 Å². The summed E-state index contributed by atoms with van der Waals surface area (Å²) in [6.45, 7) is 2.49. The van der Waals surface area contributed by atoms with Crippen LogP contribution in [0.1, 0.15) is 18.4 Å². The molecule has 5 heteroatoms. The summed E-state index contributed by atoms with van der Waals surface area (Å²) in [6, 6.07) is 5.16. The smallest absolute Gasteiger partial charge is 0.312 e. The van der Waals surface area contributed by atoms with E-state index in [2.05, 4.69) is 5.32 Å². The van der Waals surface area contributed by atoms with Gasteiger partial charge in [0.1, 0.15) is 0 Å². The predicted molar refractivity (Wildman–Crippen MR) is 65.5 cm³/mol. The van der Waals surface area contributed by atoms with Crippen LogP contribution in [0.5, 0.6) is 11.5 Å². The molecule has 1 rings (SSSR count). The van der Waals surface area contributed by atoms with Crippen molar-refractivity contribution in [2.75, 3.05) is 20.8 Å². The Morgan fingerprint density at radius 2 is 2.00 bits per heavy atom. The first-order valence-corrected chi connectivity index (χ1v) is 5.33. The molecule has 0 radical (unpaired) electrons. The summed E-state index contributed by atoms with van der Waals surface area (Å²) in [5.41, 5.74) is 6.08. The first-order chi connectivity index (χ1) is 8.08. The number of primary amides is 1. The zero-order valence-corrected chi connectivity index (χ0v) is 10.3. The minimum Gasteiger partial charge on any atom is -0.493 e. The average molecular weight is 238 g/mol. The minimum absolute atomic E-state index is 0.155. The third-order valence-corrected chi connectivity index (χ3v) is 2.56. The third kappa shape index (κ3) is 3.55. The van der Waals surface area contributed by atoms with E-state index in [4.69, 9.17) is 15.2 Å². The van der Waals surface area contributed by atoms with Crippen molar-refractivity contribution in [1.82, 2.24) is 5.32 Å². The normalized spacial score (nSPS) is 11.7. The van der Waals surface area contributed by atoms with Gasteiger partial charge in [0.05, 0.1) is 14.2 Å². The first kappa shape index (κ1) is 13.2. The molecular weight excluding hydrogens is 220 g/mol. The van der Waals surface area contributed by atoms with Gasteiger partial charge in [-0.1, -0.05) is 13.0 Å². The molecule has 1 atom stereocenters. The molecule has 0 aliphatic rings. The number of hydrogen-bond acceptors (Lipinski definition) is 3. The van der Waals surface area contributed by atoms with Crippen molar-refractivity contribution < 1.29 is 14.3 Å². The molecule has 1 aromatic rings. The first-order valence-electron chi connectivity index (χ1n) is 5.33. The molecule has 0 saturated carbocycles. The van der Waals surface area contributed by atoms with Gasteiger partial charge in [-0.05, 0) is 23.6 Å². The van der Waals surface area contributed by atoms with Gasteiger partial charge in [-0.3, -0.25) is 0 Å². The molecule has 2 amide bonds. The number of methoxy groups -OCH3 is 2. The number of nitrogens with one attached hydrogen (secondary N) is 1. The van der Waals surface area contributed by atoms with Crippen LogP contribution in [-0.4, -0.2) is 26.8 Å². The van der Waals surface area contributed by atoms with Crippen molar-refractivity contribution in [2.45, 2.75) is 12.8 Å². The zero-order valence-electron chi connectivity index (χ0n) is 10.3.